The predicted octanol–water partition coefficient (Wildman–Crippen LogP) is 2.87. The van der Waals surface area contributed by atoms with Gasteiger partial charge in [0.1, 0.15) is 5.01 Å². The third kappa shape index (κ3) is 2.05. The van der Waals surface area contributed by atoms with Crippen LogP contribution in [0.2, 0.25) is 5.15 Å². The molecule has 16 heavy (non-hydrogen) atoms. The smallest absolute Gasteiger partial charge is 0.349 e. The van der Waals surface area contributed by atoms with E-state index in [0.29, 0.717) is 5.01 Å². The summed E-state index contributed by atoms with van der Waals surface area (Å²) in [5.41, 5.74) is 1.66. The van der Waals surface area contributed by atoms with Crippen LogP contribution in [0.1, 0.15) is 15.4 Å². The second-order valence-corrected chi connectivity index (χ2v) is 4.49. The van der Waals surface area contributed by atoms with Crippen molar-refractivity contribution in [1.82, 2.24) is 9.97 Å². The second-order valence-electron chi connectivity index (χ2n) is 3.13. The summed E-state index contributed by atoms with van der Waals surface area (Å²) in [4.78, 5) is 19.0. The predicted molar refractivity (Wildman–Crippen MR) is 62.1 cm³/mol. The Kier molecular flexibility index (Phi) is 2.89. The molecular weight excluding hydrogens is 248 g/mol. The summed E-state index contributed by atoms with van der Waals surface area (Å²) in [6, 6.07) is 3.67. The third-order valence-corrected chi connectivity index (χ3v) is 3.42. The average molecular weight is 255 g/mol. The monoisotopic (exact) mass is 254 g/mol. The van der Waals surface area contributed by atoms with E-state index in [0.717, 1.165) is 22.6 Å². The van der Waals surface area contributed by atoms with Gasteiger partial charge in [0.05, 0.1) is 0 Å². The van der Waals surface area contributed by atoms with Crippen LogP contribution in [0.3, 0.4) is 0 Å². The molecule has 0 aliphatic heterocycles. The Balaban J connectivity index is 2.45. The van der Waals surface area contributed by atoms with Crippen LogP contribution < -0.4 is 0 Å². The minimum Gasteiger partial charge on any atom is -0.477 e. The summed E-state index contributed by atoms with van der Waals surface area (Å²) in [7, 11) is 0. The van der Waals surface area contributed by atoms with E-state index in [9.17, 15) is 4.79 Å². The van der Waals surface area contributed by atoms with Gasteiger partial charge < -0.3 is 5.11 Å². The van der Waals surface area contributed by atoms with Crippen LogP contribution in [0.25, 0.3) is 10.6 Å². The molecule has 0 saturated carbocycles. The van der Waals surface area contributed by atoms with Gasteiger partial charge in [0.2, 0.25) is 0 Å². The van der Waals surface area contributed by atoms with Crippen molar-refractivity contribution >= 4 is 28.9 Å². The van der Waals surface area contributed by atoms with E-state index in [1.165, 1.54) is 0 Å². The first kappa shape index (κ1) is 11.0. The lowest BCUT2D eigenvalue weighted by atomic mass is 10.3. The van der Waals surface area contributed by atoms with Gasteiger partial charge in [-0.05, 0) is 19.1 Å². The van der Waals surface area contributed by atoms with Crippen molar-refractivity contribution < 1.29 is 9.90 Å². The molecule has 0 bridgehead atoms. The lowest BCUT2D eigenvalue weighted by molar-refractivity contribution is 0.0702. The molecule has 0 atom stereocenters. The minimum absolute atomic E-state index is 0.0214. The maximum Gasteiger partial charge on any atom is 0.349 e. The lowest BCUT2D eigenvalue weighted by Gasteiger charge is -1.95. The molecule has 0 fully saturated rings. The Hall–Kier alpha value is -1.46. The number of hydrogen-bond donors (Lipinski definition) is 1. The van der Waals surface area contributed by atoms with Crippen LogP contribution in [0.4, 0.5) is 0 Å². The molecular formula is C10H7ClN2O2S. The Morgan fingerprint density at radius 3 is 2.75 bits per heavy atom. The van der Waals surface area contributed by atoms with Gasteiger partial charge in [-0.1, -0.05) is 11.6 Å². The Morgan fingerprint density at radius 1 is 1.50 bits per heavy atom. The van der Waals surface area contributed by atoms with E-state index in [2.05, 4.69) is 9.97 Å². The summed E-state index contributed by atoms with van der Waals surface area (Å²) in [6.45, 7) is 1.88. The van der Waals surface area contributed by atoms with Gasteiger partial charge in [0.15, 0.2) is 10.0 Å². The number of carboxylic acids is 1. The highest BCUT2D eigenvalue weighted by molar-refractivity contribution is 7.17. The summed E-state index contributed by atoms with van der Waals surface area (Å²) in [6.07, 6.45) is 1.65. The summed E-state index contributed by atoms with van der Waals surface area (Å²) >= 11 is 6.76. The van der Waals surface area contributed by atoms with Crippen molar-refractivity contribution in [3.63, 3.8) is 0 Å². The number of aromatic carboxylic acids is 1. The molecule has 0 aliphatic carbocycles. The lowest BCUT2D eigenvalue weighted by Crippen LogP contribution is -1.91. The fourth-order valence-electron chi connectivity index (χ4n) is 1.15. The first-order valence-corrected chi connectivity index (χ1v) is 5.60. The molecule has 0 saturated heterocycles. The minimum atomic E-state index is -1.06. The summed E-state index contributed by atoms with van der Waals surface area (Å²) < 4.78 is 0. The number of hydrogen-bond acceptors (Lipinski definition) is 4. The van der Waals surface area contributed by atoms with Crippen LogP contribution in [0.5, 0.6) is 0 Å². The topological polar surface area (TPSA) is 63.1 Å². The highest BCUT2D eigenvalue weighted by atomic mass is 35.5. The maximum absolute atomic E-state index is 10.8. The Bertz CT molecular complexity index is 536. The number of pyridine rings is 1. The first-order valence-electron chi connectivity index (χ1n) is 4.40. The third-order valence-electron chi connectivity index (χ3n) is 1.94. The van der Waals surface area contributed by atoms with Crippen molar-refractivity contribution in [2.45, 2.75) is 6.92 Å². The van der Waals surface area contributed by atoms with Gasteiger partial charge in [0, 0.05) is 17.5 Å². The van der Waals surface area contributed by atoms with E-state index >= 15 is 0 Å². The fraction of sp³-hybridized carbons (Fsp3) is 0.100. The summed E-state index contributed by atoms with van der Waals surface area (Å²) in [5, 5.41) is 9.43. The maximum atomic E-state index is 10.8. The van der Waals surface area contributed by atoms with E-state index in [-0.39, 0.29) is 10.0 Å². The van der Waals surface area contributed by atoms with Crippen LogP contribution in [-0.4, -0.2) is 21.0 Å². The molecule has 4 nitrogen and oxygen atoms in total. The second kappa shape index (κ2) is 4.19. The molecule has 1 N–H and O–H groups in total. The number of aryl methyl sites for hydroxylation is 1. The largest absolute Gasteiger partial charge is 0.477 e. The zero-order valence-electron chi connectivity index (χ0n) is 8.27. The number of thiazole rings is 1. The number of carbonyl (C=O) groups is 1. The standard InChI is InChI=1S/C10H7ClN2O2S/c1-5-2-3-6(4-12-5)9-13-8(11)7(16-9)10(14)15/h2-4H,1H3,(H,14,15). The van der Waals surface area contributed by atoms with E-state index in [1.807, 2.05) is 19.1 Å². The van der Waals surface area contributed by atoms with Gasteiger partial charge >= 0.3 is 5.97 Å². The molecule has 0 aromatic carbocycles. The van der Waals surface area contributed by atoms with Crippen LogP contribution in [0.15, 0.2) is 18.3 Å². The molecule has 2 rings (SSSR count). The zero-order chi connectivity index (χ0) is 11.7. The Labute approximate surface area is 101 Å². The summed E-state index contributed by atoms with van der Waals surface area (Å²) in [5.74, 6) is -1.06. The van der Waals surface area contributed by atoms with E-state index in [4.69, 9.17) is 16.7 Å². The van der Waals surface area contributed by atoms with Crippen molar-refractivity contribution in [3.8, 4) is 10.6 Å². The highest BCUT2D eigenvalue weighted by Gasteiger charge is 2.16. The molecule has 0 aliphatic rings. The number of aromatic nitrogens is 2. The zero-order valence-corrected chi connectivity index (χ0v) is 9.84. The fourth-order valence-corrected chi connectivity index (χ4v) is 2.27. The number of rotatable bonds is 2. The first-order chi connectivity index (χ1) is 7.58. The van der Waals surface area contributed by atoms with Crippen molar-refractivity contribution in [1.29, 1.82) is 0 Å². The van der Waals surface area contributed by atoms with Crippen LogP contribution in [-0.2, 0) is 0 Å². The van der Waals surface area contributed by atoms with Crippen molar-refractivity contribution in [3.05, 3.63) is 34.1 Å². The molecule has 0 unspecified atom stereocenters. The van der Waals surface area contributed by atoms with Gasteiger partial charge in [-0.3, -0.25) is 4.98 Å². The SMILES string of the molecule is Cc1ccc(-c2nc(Cl)c(C(=O)O)s2)cn1. The number of nitrogens with zero attached hydrogens (tertiary/aromatic N) is 2. The van der Waals surface area contributed by atoms with Crippen molar-refractivity contribution in [2.75, 3.05) is 0 Å². The molecule has 2 heterocycles. The van der Waals surface area contributed by atoms with Gasteiger partial charge in [0.25, 0.3) is 0 Å². The number of carboxylic acid groups (broad SMARTS) is 1. The molecule has 2 aromatic rings. The Morgan fingerprint density at radius 2 is 2.25 bits per heavy atom. The van der Waals surface area contributed by atoms with Crippen molar-refractivity contribution in [2.24, 2.45) is 0 Å². The van der Waals surface area contributed by atoms with E-state index in [1.54, 1.807) is 6.20 Å². The molecule has 0 spiro atoms. The quantitative estimate of drug-likeness (QED) is 0.895. The highest BCUT2D eigenvalue weighted by Crippen LogP contribution is 2.30. The van der Waals surface area contributed by atoms with Gasteiger partial charge in [-0.25, -0.2) is 9.78 Å². The van der Waals surface area contributed by atoms with Crippen LogP contribution >= 0.6 is 22.9 Å². The van der Waals surface area contributed by atoms with E-state index < -0.39 is 5.97 Å². The molecule has 82 valence electrons. The average Bonchev–Trinajstić information content (AvgIpc) is 2.61. The normalized spacial score (nSPS) is 10.4. The molecule has 0 radical (unpaired) electrons. The van der Waals surface area contributed by atoms with Gasteiger partial charge in [-0.15, -0.1) is 11.3 Å². The molecule has 0 amide bonds. The molecule has 6 heteroatoms. The number of halogens is 1. The van der Waals surface area contributed by atoms with Gasteiger partial charge in [-0.2, -0.15) is 0 Å². The molecule has 2 aromatic heterocycles. The van der Waals surface area contributed by atoms with Crippen LogP contribution in [0, 0.1) is 6.92 Å².